The van der Waals surface area contributed by atoms with E-state index in [2.05, 4.69) is 4.74 Å². The summed E-state index contributed by atoms with van der Waals surface area (Å²) in [4.78, 5) is 12.7. The molecule has 0 aliphatic carbocycles. The number of alkyl halides is 3. The highest BCUT2D eigenvalue weighted by Crippen LogP contribution is 2.29. The van der Waals surface area contributed by atoms with Crippen LogP contribution in [-0.4, -0.2) is 43.7 Å². The first-order valence-electron chi connectivity index (χ1n) is 5.82. The standard InChI is InChI=1S/C12H12F3NO4/c13-12(14,15)20-10-6-8(11(17)18)5-9(7-10)16-1-3-19-4-2-16/h5-7H,1-4H2,(H,17,18). The molecular weight excluding hydrogens is 279 g/mol. The number of ether oxygens (including phenoxy) is 2. The van der Waals surface area contributed by atoms with Crippen LogP contribution in [0.2, 0.25) is 0 Å². The third kappa shape index (κ3) is 3.77. The first kappa shape index (κ1) is 14.4. The van der Waals surface area contributed by atoms with Crippen LogP contribution in [0.4, 0.5) is 18.9 Å². The molecule has 0 spiro atoms. The Morgan fingerprint density at radius 3 is 2.45 bits per heavy atom. The van der Waals surface area contributed by atoms with Gasteiger partial charge in [0.1, 0.15) is 5.75 Å². The van der Waals surface area contributed by atoms with Crippen LogP contribution in [0.25, 0.3) is 0 Å². The molecule has 0 atom stereocenters. The van der Waals surface area contributed by atoms with E-state index in [-0.39, 0.29) is 5.56 Å². The third-order valence-corrected chi connectivity index (χ3v) is 2.75. The van der Waals surface area contributed by atoms with E-state index in [1.807, 2.05) is 0 Å². The Hall–Kier alpha value is -1.96. The van der Waals surface area contributed by atoms with Crippen LogP contribution in [0.15, 0.2) is 18.2 Å². The van der Waals surface area contributed by atoms with Gasteiger partial charge >= 0.3 is 12.3 Å². The van der Waals surface area contributed by atoms with Gasteiger partial charge in [-0.2, -0.15) is 0 Å². The molecule has 5 nitrogen and oxygen atoms in total. The lowest BCUT2D eigenvalue weighted by Crippen LogP contribution is -2.36. The van der Waals surface area contributed by atoms with Crippen molar-refractivity contribution < 1.29 is 32.5 Å². The predicted octanol–water partition coefficient (Wildman–Crippen LogP) is 2.12. The summed E-state index contributed by atoms with van der Waals surface area (Å²) in [5.41, 5.74) is 0.112. The first-order chi connectivity index (χ1) is 9.35. The second-order valence-corrected chi connectivity index (χ2v) is 4.17. The number of aromatic carboxylic acids is 1. The summed E-state index contributed by atoms with van der Waals surface area (Å²) in [6, 6.07) is 3.34. The minimum absolute atomic E-state index is 0.256. The van der Waals surface area contributed by atoms with E-state index in [4.69, 9.17) is 9.84 Å². The minimum Gasteiger partial charge on any atom is -0.478 e. The lowest BCUT2D eigenvalue weighted by atomic mass is 10.1. The molecule has 110 valence electrons. The number of carboxylic acids is 1. The van der Waals surface area contributed by atoms with Crippen LogP contribution < -0.4 is 9.64 Å². The van der Waals surface area contributed by atoms with Gasteiger partial charge in [-0.3, -0.25) is 0 Å². The van der Waals surface area contributed by atoms with Gasteiger partial charge in [-0.15, -0.1) is 13.2 Å². The van der Waals surface area contributed by atoms with Crippen molar-refractivity contribution in [2.75, 3.05) is 31.2 Å². The highest BCUT2D eigenvalue weighted by atomic mass is 19.4. The number of hydrogen-bond acceptors (Lipinski definition) is 4. The normalized spacial score (nSPS) is 16.1. The maximum atomic E-state index is 12.2. The van der Waals surface area contributed by atoms with E-state index >= 15 is 0 Å². The van der Waals surface area contributed by atoms with Gasteiger partial charge < -0.3 is 19.5 Å². The van der Waals surface area contributed by atoms with Gasteiger partial charge in [0.05, 0.1) is 18.8 Å². The molecule has 0 amide bonds. The number of halogens is 3. The molecule has 1 heterocycles. The predicted molar refractivity (Wildman–Crippen MR) is 63.1 cm³/mol. The van der Waals surface area contributed by atoms with Crippen molar-refractivity contribution >= 4 is 11.7 Å². The summed E-state index contributed by atoms with van der Waals surface area (Å²) >= 11 is 0. The van der Waals surface area contributed by atoms with E-state index in [9.17, 15) is 18.0 Å². The monoisotopic (exact) mass is 291 g/mol. The van der Waals surface area contributed by atoms with Gasteiger partial charge in [0, 0.05) is 24.8 Å². The van der Waals surface area contributed by atoms with Gasteiger partial charge in [0.15, 0.2) is 0 Å². The van der Waals surface area contributed by atoms with Crippen molar-refractivity contribution in [3.8, 4) is 5.75 Å². The van der Waals surface area contributed by atoms with Gasteiger partial charge in [-0.05, 0) is 12.1 Å². The fourth-order valence-corrected chi connectivity index (χ4v) is 1.90. The van der Waals surface area contributed by atoms with Crippen LogP contribution >= 0.6 is 0 Å². The summed E-state index contributed by atoms with van der Waals surface area (Å²) in [5, 5.41) is 8.95. The zero-order chi connectivity index (χ0) is 14.8. The number of rotatable bonds is 3. The lowest BCUT2D eigenvalue weighted by molar-refractivity contribution is -0.274. The van der Waals surface area contributed by atoms with Crippen molar-refractivity contribution in [1.82, 2.24) is 0 Å². The fourth-order valence-electron chi connectivity index (χ4n) is 1.90. The number of hydrogen-bond donors (Lipinski definition) is 1. The van der Waals surface area contributed by atoms with E-state index in [0.29, 0.717) is 32.0 Å². The van der Waals surface area contributed by atoms with Crippen LogP contribution in [0, 0.1) is 0 Å². The van der Waals surface area contributed by atoms with E-state index in [0.717, 1.165) is 6.07 Å². The van der Waals surface area contributed by atoms with Crippen molar-refractivity contribution in [2.45, 2.75) is 6.36 Å². The van der Waals surface area contributed by atoms with E-state index in [1.165, 1.54) is 12.1 Å². The first-order valence-corrected chi connectivity index (χ1v) is 5.82. The molecule has 0 radical (unpaired) electrons. The molecule has 0 saturated carbocycles. The molecule has 0 unspecified atom stereocenters. The average Bonchev–Trinajstić information content (AvgIpc) is 2.37. The van der Waals surface area contributed by atoms with Crippen molar-refractivity contribution in [3.05, 3.63) is 23.8 Å². The van der Waals surface area contributed by atoms with Crippen molar-refractivity contribution in [1.29, 1.82) is 0 Å². The number of anilines is 1. The van der Waals surface area contributed by atoms with Crippen LogP contribution in [0.1, 0.15) is 10.4 Å². The molecule has 20 heavy (non-hydrogen) atoms. The Labute approximate surface area is 112 Å². The number of benzene rings is 1. The van der Waals surface area contributed by atoms with Crippen LogP contribution in [0.5, 0.6) is 5.75 Å². The Kier molecular flexibility index (Phi) is 4.03. The molecule has 1 N–H and O–H groups in total. The second-order valence-electron chi connectivity index (χ2n) is 4.17. The number of nitrogens with zero attached hydrogens (tertiary/aromatic N) is 1. The minimum atomic E-state index is -4.86. The second kappa shape index (κ2) is 5.58. The van der Waals surface area contributed by atoms with Crippen molar-refractivity contribution in [3.63, 3.8) is 0 Å². The maximum Gasteiger partial charge on any atom is 0.573 e. The highest BCUT2D eigenvalue weighted by Gasteiger charge is 2.31. The molecule has 1 aliphatic heterocycles. The van der Waals surface area contributed by atoms with Gasteiger partial charge in [0.2, 0.25) is 0 Å². The summed E-state index contributed by atoms with van der Waals surface area (Å²) in [7, 11) is 0. The van der Waals surface area contributed by atoms with Gasteiger partial charge in [-0.1, -0.05) is 0 Å². The zero-order valence-electron chi connectivity index (χ0n) is 10.3. The topological polar surface area (TPSA) is 59.0 Å². The Morgan fingerprint density at radius 2 is 1.90 bits per heavy atom. The molecular formula is C12H12F3NO4. The van der Waals surface area contributed by atoms with E-state index < -0.39 is 18.1 Å². The number of carbonyl (C=O) groups is 1. The van der Waals surface area contributed by atoms with E-state index in [1.54, 1.807) is 4.90 Å². The largest absolute Gasteiger partial charge is 0.573 e. The molecule has 8 heteroatoms. The summed E-state index contributed by atoms with van der Waals surface area (Å²) in [5.74, 6) is -1.86. The van der Waals surface area contributed by atoms with Gasteiger partial charge in [-0.25, -0.2) is 4.79 Å². The highest BCUT2D eigenvalue weighted by molar-refractivity contribution is 5.89. The zero-order valence-corrected chi connectivity index (χ0v) is 10.3. The molecule has 1 saturated heterocycles. The molecule has 1 aromatic carbocycles. The van der Waals surface area contributed by atoms with Crippen molar-refractivity contribution in [2.24, 2.45) is 0 Å². The lowest BCUT2D eigenvalue weighted by Gasteiger charge is -2.29. The SMILES string of the molecule is O=C(O)c1cc(OC(F)(F)F)cc(N2CCOCC2)c1. The summed E-state index contributed by atoms with van der Waals surface area (Å²) in [6.45, 7) is 1.84. The molecule has 1 aliphatic rings. The smallest absolute Gasteiger partial charge is 0.478 e. The van der Waals surface area contributed by atoms with Crippen LogP contribution in [0.3, 0.4) is 0 Å². The fraction of sp³-hybridized carbons (Fsp3) is 0.417. The molecule has 2 rings (SSSR count). The quantitative estimate of drug-likeness (QED) is 0.924. The number of carboxylic acid groups (broad SMARTS) is 1. The molecule has 1 fully saturated rings. The Bertz CT molecular complexity index is 498. The van der Waals surface area contributed by atoms with Crippen LogP contribution in [-0.2, 0) is 4.74 Å². The number of morpholine rings is 1. The maximum absolute atomic E-state index is 12.2. The molecule has 1 aromatic rings. The third-order valence-electron chi connectivity index (χ3n) is 2.75. The summed E-state index contributed by atoms with van der Waals surface area (Å²) < 4.78 is 45.7. The molecule has 0 bridgehead atoms. The Morgan fingerprint density at radius 1 is 1.25 bits per heavy atom. The molecule has 0 aromatic heterocycles. The average molecular weight is 291 g/mol. The van der Waals surface area contributed by atoms with Gasteiger partial charge in [0.25, 0.3) is 0 Å². The Balaban J connectivity index is 2.32. The summed E-state index contributed by atoms with van der Waals surface area (Å²) in [6.07, 6.45) is -4.86.